The summed E-state index contributed by atoms with van der Waals surface area (Å²) in [5, 5.41) is 32.9. The van der Waals surface area contributed by atoms with Gasteiger partial charge in [0.2, 0.25) is 0 Å². The molecule has 3 rings (SSSR count). The highest BCUT2D eigenvalue weighted by atomic mass is 16.3. The van der Waals surface area contributed by atoms with Crippen LogP contribution in [-0.4, -0.2) is 15.3 Å². The van der Waals surface area contributed by atoms with Gasteiger partial charge in [0.1, 0.15) is 17.2 Å². The lowest BCUT2D eigenvalue weighted by atomic mass is 9.76. The Morgan fingerprint density at radius 2 is 0.846 bits per heavy atom. The van der Waals surface area contributed by atoms with E-state index in [1.165, 1.54) is 0 Å². The van der Waals surface area contributed by atoms with Crippen molar-refractivity contribution in [1.82, 2.24) is 0 Å². The second-order valence-electron chi connectivity index (χ2n) is 14.5. The van der Waals surface area contributed by atoms with Crippen LogP contribution in [0.15, 0.2) is 36.4 Å². The second kappa shape index (κ2) is 10.6. The molecule has 0 atom stereocenters. The van der Waals surface area contributed by atoms with E-state index >= 15 is 0 Å². The zero-order valence-corrected chi connectivity index (χ0v) is 26.3. The van der Waals surface area contributed by atoms with Crippen LogP contribution in [0.5, 0.6) is 17.2 Å². The maximum Gasteiger partial charge on any atom is 0.119 e. The van der Waals surface area contributed by atoms with Crippen molar-refractivity contribution in [1.29, 1.82) is 0 Å². The highest BCUT2D eigenvalue weighted by Gasteiger charge is 2.27. The second-order valence-corrected chi connectivity index (χ2v) is 14.5. The van der Waals surface area contributed by atoms with Crippen molar-refractivity contribution < 1.29 is 15.3 Å². The van der Waals surface area contributed by atoms with E-state index in [2.05, 4.69) is 80.5 Å². The van der Waals surface area contributed by atoms with E-state index in [1.807, 2.05) is 39.0 Å². The largest absolute Gasteiger partial charge is 0.508 e. The zero-order chi connectivity index (χ0) is 29.7. The Labute approximate surface area is 236 Å². The zero-order valence-electron chi connectivity index (χ0n) is 26.3. The Kier molecular flexibility index (Phi) is 8.29. The molecule has 3 aromatic rings. The number of benzene rings is 3. The van der Waals surface area contributed by atoms with E-state index < -0.39 is 0 Å². The number of rotatable bonds is 5. The van der Waals surface area contributed by atoms with Crippen LogP contribution in [0, 0.1) is 20.8 Å². The number of aryl methyl sites for hydroxylation is 1. The molecule has 0 spiro atoms. The molecule has 3 N–H and O–H groups in total. The monoisotopic (exact) mass is 530 g/mol. The van der Waals surface area contributed by atoms with Crippen LogP contribution in [0.2, 0.25) is 0 Å². The first-order valence-corrected chi connectivity index (χ1v) is 14.2. The predicted octanol–water partition coefficient (Wildman–Crippen LogP) is 9.39. The molecule has 39 heavy (non-hydrogen) atoms. The summed E-state index contributed by atoms with van der Waals surface area (Å²) in [6.07, 6.45) is 1.53. The van der Waals surface area contributed by atoms with Crippen molar-refractivity contribution in [3.8, 4) is 17.2 Å². The van der Waals surface area contributed by atoms with Crippen LogP contribution < -0.4 is 0 Å². The van der Waals surface area contributed by atoms with Gasteiger partial charge in [-0.1, -0.05) is 80.5 Å². The molecule has 0 amide bonds. The molecule has 0 radical (unpaired) electrons. The maximum atomic E-state index is 11.1. The van der Waals surface area contributed by atoms with E-state index in [0.717, 1.165) is 62.9 Å². The lowest BCUT2D eigenvalue weighted by Gasteiger charge is -2.29. The van der Waals surface area contributed by atoms with E-state index in [9.17, 15) is 15.3 Å². The third-order valence-electron chi connectivity index (χ3n) is 8.38. The van der Waals surface area contributed by atoms with E-state index in [1.54, 1.807) is 0 Å². The van der Waals surface area contributed by atoms with Gasteiger partial charge in [0, 0.05) is 5.92 Å². The van der Waals surface area contributed by atoms with Crippen LogP contribution in [0.25, 0.3) is 0 Å². The molecule has 0 unspecified atom stereocenters. The van der Waals surface area contributed by atoms with Gasteiger partial charge in [-0.05, 0) is 118 Å². The molecule has 0 saturated heterocycles. The Bertz CT molecular complexity index is 1290. The molecule has 0 fully saturated rings. The van der Waals surface area contributed by atoms with Crippen molar-refractivity contribution in [2.75, 3.05) is 0 Å². The number of phenolic OH excluding ortho intramolecular Hbond substituents is 3. The number of phenols is 3. The third-order valence-corrected chi connectivity index (χ3v) is 8.38. The fraction of sp³-hybridized carbons (Fsp3) is 0.500. The molecule has 0 aliphatic carbocycles. The standard InChI is InChI=1S/C36H50O3/c1-21-24(15-25(18-31(21)37)34(4,5)6)13-14-28(29-16-26(35(7,8)9)19-32(38)22(29)2)30-17-27(36(10,11)12)20-33(39)23(30)3/h15-20,28,37-39H,13-14H2,1-12H3. The summed E-state index contributed by atoms with van der Waals surface area (Å²) in [5.41, 5.74) is 8.91. The first kappa shape index (κ1) is 30.6. The van der Waals surface area contributed by atoms with Gasteiger partial charge in [0.15, 0.2) is 0 Å². The molecule has 0 aliphatic heterocycles. The average molecular weight is 531 g/mol. The average Bonchev–Trinajstić information content (AvgIpc) is 2.79. The molecule has 0 heterocycles. The fourth-order valence-electron chi connectivity index (χ4n) is 5.26. The Morgan fingerprint density at radius 3 is 1.21 bits per heavy atom. The van der Waals surface area contributed by atoms with Crippen LogP contribution >= 0.6 is 0 Å². The van der Waals surface area contributed by atoms with Crippen LogP contribution in [0.3, 0.4) is 0 Å². The summed E-state index contributed by atoms with van der Waals surface area (Å²) < 4.78 is 0. The summed E-state index contributed by atoms with van der Waals surface area (Å²) >= 11 is 0. The van der Waals surface area contributed by atoms with Gasteiger partial charge in [0.25, 0.3) is 0 Å². The van der Waals surface area contributed by atoms with Gasteiger partial charge >= 0.3 is 0 Å². The van der Waals surface area contributed by atoms with Gasteiger partial charge in [-0.3, -0.25) is 0 Å². The van der Waals surface area contributed by atoms with Crippen LogP contribution in [0.4, 0.5) is 0 Å². The van der Waals surface area contributed by atoms with E-state index in [-0.39, 0.29) is 22.2 Å². The van der Waals surface area contributed by atoms with Crippen LogP contribution in [0.1, 0.15) is 125 Å². The quantitative estimate of drug-likeness (QED) is 0.308. The van der Waals surface area contributed by atoms with Crippen molar-refractivity contribution >= 4 is 0 Å². The molecular formula is C36H50O3. The Hall–Kier alpha value is -2.94. The fourth-order valence-corrected chi connectivity index (χ4v) is 5.26. The third kappa shape index (κ3) is 6.62. The van der Waals surface area contributed by atoms with Crippen molar-refractivity contribution in [2.24, 2.45) is 0 Å². The number of hydrogen-bond donors (Lipinski definition) is 3. The maximum absolute atomic E-state index is 11.1. The number of hydrogen-bond acceptors (Lipinski definition) is 3. The SMILES string of the molecule is Cc1c(O)cc(C(C)(C)C)cc1CCC(c1cc(C(C)(C)C)cc(O)c1C)c1cc(C(C)(C)C)cc(O)c1C. The summed E-state index contributed by atoms with van der Waals surface area (Å²) in [6, 6.07) is 12.4. The normalized spacial score (nSPS) is 12.8. The lowest BCUT2D eigenvalue weighted by Crippen LogP contribution is -2.16. The van der Waals surface area contributed by atoms with Gasteiger partial charge < -0.3 is 15.3 Å². The minimum atomic E-state index is -0.127. The summed E-state index contributed by atoms with van der Waals surface area (Å²) in [5.74, 6) is 0.895. The predicted molar refractivity (Wildman–Crippen MR) is 165 cm³/mol. The lowest BCUT2D eigenvalue weighted by molar-refractivity contribution is 0.462. The van der Waals surface area contributed by atoms with Crippen molar-refractivity contribution in [2.45, 2.75) is 118 Å². The molecule has 0 aliphatic rings. The molecule has 3 aromatic carbocycles. The van der Waals surface area contributed by atoms with Crippen LogP contribution in [-0.2, 0) is 22.7 Å². The molecule has 3 nitrogen and oxygen atoms in total. The highest BCUT2D eigenvalue weighted by molar-refractivity contribution is 5.54. The first-order chi connectivity index (χ1) is 17.7. The molecule has 3 heteroatoms. The molecule has 212 valence electrons. The minimum Gasteiger partial charge on any atom is -0.508 e. The van der Waals surface area contributed by atoms with Gasteiger partial charge in [0.05, 0.1) is 0 Å². The van der Waals surface area contributed by atoms with Gasteiger partial charge in [-0.2, -0.15) is 0 Å². The highest BCUT2D eigenvalue weighted by Crippen LogP contribution is 2.43. The van der Waals surface area contributed by atoms with E-state index in [4.69, 9.17) is 0 Å². The first-order valence-electron chi connectivity index (χ1n) is 14.2. The topological polar surface area (TPSA) is 60.7 Å². The molecule has 0 aromatic heterocycles. The smallest absolute Gasteiger partial charge is 0.119 e. The van der Waals surface area contributed by atoms with Gasteiger partial charge in [-0.15, -0.1) is 0 Å². The Morgan fingerprint density at radius 1 is 0.513 bits per heavy atom. The number of aromatic hydroxyl groups is 3. The summed E-state index contributed by atoms with van der Waals surface area (Å²) in [4.78, 5) is 0. The Balaban J connectivity index is 2.26. The molecule has 0 bridgehead atoms. The van der Waals surface area contributed by atoms with Gasteiger partial charge in [-0.25, -0.2) is 0 Å². The van der Waals surface area contributed by atoms with Crippen molar-refractivity contribution in [3.05, 3.63) is 86.5 Å². The molecule has 0 saturated carbocycles. The summed E-state index contributed by atoms with van der Waals surface area (Å²) in [6.45, 7) is 25.4. The summed E-state index contributed by atoms with van der Waals surface area (Å²) in [7, 11) is 0. The molecular weight excluding hydrogens is 480 g/mol. The van der Waals surface area contributed by atoms with Crippen molar-refractivity contribution in [3.63, 3.8) is 0 Å². The minimum absolute atomic E-state index is 0.0498. The van der Waals surface area contributed by atoms with E-state index in [0.29, 0.717) is 17.2 Å².